The van der Waals surface area contributed by atoms with E-state index in [0.29, 0.717) is 19.5 Å². The van der Waals surface area contributed by atoms with Gasteiger partial charge in [-0.2, -0.15) is 4.31 Å². The van der Waals surface area contributed by atoms with Crippen LogP contribution in [0.3, 0.4) is 0 Å². The second kappa shape index (κ2) is 5.26. The number of hydrogen-bond acceptors (Lipinski definition) is 4. The number of nitrogens with zero attached hydrogens (tertiary/aromatic N) is 1. The van der Waals surface area contributed by atoms with Crippen molar-refractivity contribution in [2.45, 2.75) is 13.0 Å². The fraction of sp³-hybridized carbons (Fsp3) is 0.500. The number of sulfonamides is 1. The van der Waals surface area contributed by atoms with Crippen LogP contribution in [0.1, 0.15) is 11.1 Å². The molecule has 0 aromatic heterocycles. The summed E-state index contributed by atoms with van der Waals surface area (Å²) in [4.78, 5) is 0. The van der Waals surface area contributed by atoms with E-state index >= 15 is 0 Å². The lowest BCUT2D eigenvalue weighted by Gasteiger charge is -2.28. The topological polar surface area (TPSA) is 72.6 Å². The van der Waals surface area contributed by atoms with Gasteiger partial charge in [0.1, 0.15) is 0 Å². The number of nitrogens with two attached hydrogens (primary N) is 1. The van der Waals surface area contributed by atoms with Crippen LogP contribution in [0.5, 0.6) is 0 Å². The highest BCUT2D eigenvalue weighted by Crippen LogP contribution is 2.25. The zero-order chi connectivity index (χ0) is 13.2. The van der Waals surface area contributed by atoms with Crippen molar-refractivity contribution in [1.82, 2.24) is 4.31 Å². The Hall–Kier alpha value is -1.11. The summed E-state index contributed by atoms with van der Waals surface area (Å²) < 4.78 is 30.4. The van der Waals surface area contributed by atoms with Crippen LogP contribution in [0.2, 0.25) is 0 Å². The summed E-state index contributed by atoms with van der Waals surface area (Å²) >= 11 is 0. The van der Waals surface area contributed by atoms with Gasteiger partial charge in [-0.05, 0) is 23.6 Å². The van der Waals surface area contributed by atoms with Crippen molar-refractivity contribution < 1.29 is 13.2 Å². The Morgan fingerprint density at radius 2 is 2.22 bits per heavy atom. The Kier molecular flexibility index (Phi) is 3.89. The van der Waals surface area contributed by atoms with Gasteiger partial charge in [0.15, 0.2) is 0 Å². The summed E-state index contributed by atoms with van der Waals surface area (Å²) in [6.45, 7) is 1.13. The third kappa shape index (κ3) is 2.66. The summed E-state index contributed by atoms with van der Waals surface area (Å²) in [6, 6.07) is 5.65. The number of hydrogen-bond donors (Lipinski definition) is 1. The molecule has 6 heteroatoms. The highest BCUT2D eigenvalue weighted by molar-refractivity contribution is 7.89. The molecule has 0 saturated carbocycles. The molecule has 0 fully saturated rings. The van der Waals surface area contributed by atoms with E-state index in [1.54, 1.807) is 0 Å². The standard InChI is InChI=1S/C12H18N2O3S/c1-17-7-8-18(15,16)14-6-5-11-10(9-14)3-2-4-12(11)13/h2-4H,5-9,13H2,1H3. The first kappa shape index (κ1) is 13.3. The van der Waals surface area contributed by atoms with Gasteiger partial charge >= 0.3 is 0 Å². The third-order valence-corrected chi connectivity index (χ3v) is 4.99. The first-order valence-electron chi connectivity index (χ1n) is 5.87. The Labute approximate surface area is 108 Å². The average molecular weight is 270 g/mol. The van der Waals surface area contributed by atoms with Crippen molar-refractivity contribution in [3.63, 3.8) is 0 Å². The summed E-state index contributed by atoms with van der Waals surface area (Å²) in [5.74, 6) is 0.0289. The van der Waals surface area contributed by atoms with E-state index < -0.39 is 10.0 Å². The zero-order valence-electron chi connectivity index (χ0n) is 10.4. The fourth-order valence-corrected chi connectivity index (χ4v) is 3.51. The number of nitrogen functional groups attached to an aromatic ring is 1. The Morgan fingerprint density at radius 3 is 2.94 bits per heavy atom. The molecule has 5 nitrogen and oxygen atoms in total. The van der Waals surface area contributed by atoms with Crippen molar-refractivity contribution in [3.8, 4) is 0 Å². The number of anilines is 1. The predicted molar refractivity (Wildman–Crippen MR) is 70.6 cm³/mol. The van der Waals surface area contributed by atoms with Crippen molar-refractivity contribution >= 4 is 15.7 Å². The molecule has 0 spiro atoms. The van der Waals surface area contributed by atoms with E-state index in [9.17, 15) is 8.42 Å². The molecule has 2 N–H and O–H groups in total. The van der Waals surface area contributed by atoms with Gasteiger partial charge < -0.3 is 10.5 Å². The largest absolute Gasteiger partial charge is 0.398 e. The van der Waals surface area contributed by atoms with Crippen LogP contribution in [0.15, 0.2) is 18.2 Å². The lowest BCUT2D eigenvalue weighted by molar-refractivity contribution is 0.215. The average Bonchev–Trinajstić information content (AvgIpc) is 2.36. The van der Waals surface area contributed by atoms with Crippen molar-refractivity contribution in [2.75, 3.05) is 31.7 Å². The summed E-state index contributed by atoms with van der Waals surface area (Å²) in [5, 5.41) is 0. The van der Waals surface area contributed by atoms with Gasteiger partial charge in [0.25, 0.3) is 0 Å². The SMILES string of the molecule is COCCS(=O)(=O)N1CCc2c(N)cccc2C1. The van der Waals surface area contributed by atoms with E-state index in [1.807, 2.05) is 18.2 Å². The minimum absolute atomic E-state index is 0.0289. The van der Waals surface area contributed by atoms with Gasteiger partial charge in [0, 0.05) is 25.9 Å². The molecule has 2 rings (SSSR count). The number of ether oxygens (including phenoxy) is 1. The van der Waals surface area contributed by atoms with Crippen LogP contribution in [0.25, 0.3) is 0 Å². The van der Waals surface area contributed by atoms with Gasteiger partial charge in [-0.3, -0.25) is 0 Å². The monoisotopic (exact) mass is 270 g/mol. The van der Waals surface area contributed by atoms with Gasteiger partial charge in [-0.15, -0.1) is 0 Å². The van der Waals surface area contributed by atoms with Crippen molar-refractivity contribution in [1.29, 1.82) is 0 Å². The molecule has 1 aromatic carbocycles. The molecule has 1 aromatic rings. The third-order valence-electron chi connectivity index (χ3n) is 3.21. The lowest BCUT2D eigenvalue weighted by atomic mass is 9.99. The highest BCUT2D eigenvalue weighted by atomic mass is 32.2. The van der Waals surface area contributed by atoms with Crippen molar-refractivity contribution in [2.24, 2.45) is 0 Å². The fourth-order valence-electron chi connectivity index (χ4n) is 2.17. The molecular formula is C12H18N2O3S. The highest BCUT2D eigenvalue weighted by Gasteiger charge is 2.26. The van der Waals surface area contributed by atoms with Crippen molar-refractivity contribution in [3.05, 3.63) is 29.3 Å². The van der Waals surface area contributed by atoms with E-state index in [-0.39, 0.29) is 12.4 Å². The van der Waals surface area contributed by atoms with E-state index in [0.717, 1.165) is 16.8 Å². The van der Waals surface area contributed by atoms with Gasteiger partial charge in [-0.1, -0.05) is 12.1 Å². The summed E-state index contributed by atoms with van der Waals surface area (Å²) in [5.41, 5.74) is 8.72. The molecule has 0 bridgehead atoms. The van der Waals surface area contributed by atoms with Crippen LogP contribution >= 0.6 is 0 Å². The molecule has 0 radical (unpaired) electrons. The number of methoxy groups -OCH3 is 1. The molecule has 1 aliphatic heterocycles. The number of fused-ring (bicyclic) bond motifs is 1. The minimum atomic E-state index is -3.23. The van der Waals surface area contributed by atoms with Crippen LogP contribution in [-0.4, -0.2) is 38.7 Å². The molecule has 0 atom stereocenters. The Balaban J connectivity index is 2.17. The first-order chi connectivity index (χ1) is 8.54. The molecular weight excluding hydrogens is 252 g/mol. The van der Waals surface area contributed by atoms with E-state index in [2.05, 4.69) is 0 Å². The van der Waals surface area contributed by atoms with Gasteiger partial charge in [0.2, 0.25) is 10.0 Å². The van der Waals surface area contributed by atoms with Gasteiger partial charge in [0.05, 0.1) is 12.4 Å². The zero-order valence-corrected chi connectivity index (χ0v) is 11.2. The Bertz CT molecular complexity index is 528. The normalized spacial score (nSPS) is 16.5. The maximum absolute atomic E-state index is 12.1. The van der Waals surface area contributed by atoms with Gasteiger partial charge in [-0.25, -0.2) is 8.42 Å². The van der Waals surface area contributed by atoms with E-state index in [4.69, 9.17) is 10.5 Å². The smallest absolute Gasteiger partial charge is 0.216 e. The summed E-state index contributed by atoms with van der Waals surface area (Å²) in [7, 11) is -1.73. The predicted octanol–water partition coefficient (Wildman–Crippen LogP) is 0.603. The van der Waals surface area contributed by atoms with E-state index in [1.165, 1.54) is 11.4 Å². The maximum Gasteiger partial charge on any atom is 0.216 e. The maximum atomic E-state index is 12.1. The van der Waals surface area contributed by atoms with Crippen LogP contribution in [0.4, 0.5) is 5.69 Å². The molecule has 100 valence electrons. The number of benzene rings is 1. The first-order valence-corrected chi connectivity index (χ1v) is 7.48. The van der Waals surface area contributed by atoms with Crippen LogP contribution < -0.4 is 5.73 Å². The second-order valence-electron chi connectivity index (χ2n) is 4.38. The quantitative estimate of drug-likeness (QED) is 0.813. The molecule has 0 aliphatic carbocycles. The molecule has 1 heterocycles. The minimum Gasteiger partial charge on any atom is -0.398 e. The number of rotatable bonds is 4. The van der Waals surface area contributed by atoms with Crippen LogP contribution in [0, 0.1) is 0 Å². The summed E-state index contributed by atoms with van der Waals surface area (Å²) in [6.07, 6.45) is 0.675. The molecule has 1 aliphatic rings. The van der Waals surface area contributed by atoms with Crippen LogP contribution in [-0.2, 0) is 27.7 Å². The lowest BCUT2D eigenvalue weighted by Crippen LogP contribution is -2.38. The molecule has 0 saturated heterocycles. The second-order valence-corrected chi connectivity index (χ2v) is 6.47. The molecule has 18 heavy (non-hydrogen) atoms. The molecule has 0 amide bonds. The Morgan fingerprint density at radius 1 is 1.44 bits per heavy atom. The molecule has 0 unspecified atom stereocenters.